The van der Waals surface area contributed by atoms with Crippen LogP contribution in [0.1, 0.15) is 17.5 Å². The molecule has 2 aromatic carbocycles. The largest absolute Gasteiger partial charge is 0.497 e. The van der Waals surface area contributed by atoms with E-state index in [-0.39, 0.29) is 12.5 Å². The third-order valence-electron chi connectivity index (χ3n) is 5.57. The van der Waals surface area contributed by atoms with Crippen LogP contribution in [0.5, 0.6) is 5.75 Å². The van der Waals surface area contributed by atoms with Crippen molar-refractivity contribution in [3.05, 3.63) is 53.6 Å². The minimum atomic E-state index is -1.07. The zero-order chi connectivity index (χ0) is 20.9. The van der Waals surface area contributed by atoms with Gasteiger partial charge in [-0.3, -0.25) is 14.5 Å². The van der Waals surface area contributed by atoms with Gasteiger partial charge in [-0.25, -0.2) is 9.78 Å². The summed E-state index contributed by atoms with van der Waals surface area (Å²) >= 11 is 1.30. The summed E-state index contributed by atoms with van der Waals surface area (Å²) in [5, 5.41) is 5.91. The van der Waals surface area contributed by atoms with Crippen LogP contribution in [-0.4, -0.2) is 41.4 Å². The number of fused-ring (bicyclic) bond motifs is 3. The molecule has 1 aromatic heterocycles. The topological polar surface area (TPSA) is 101 Å². The zero-order valence-electron chi connectivity index (χ0n) is 16.1. The molecular weight excluding hydrogens is 404 g/mol. The average molecular weight is 422 g/mol. The molecule has 4 amide bonds. The predicted molar refractivity (Wildman–Crippen MR) is 111 cm³/mol. The Morgan fingerprint density at radius 3 is 2.97 bits per heavy atom. The molecule has 1 saturated heterocycles. The van der Waals surface area contributed by atoms with Gasteiger partial charge in [-0.2, -0.15) is 0 Å². The van der Waals surface area contributed by atoms with Gasteiger partial charge in [0.1, 0.15) is 17.8 Å². The first kappa shape index (κ1) is 18.6. The molecule has 1 aliphatic heterocycles. The number of thiazole rings is 1. The highest BCUT2D eigenvalue weighted by Crippen LogP contribution is 2.41. The van der Waals surface area contributed by atoms with Crippen LogP contribution >= 0.6 is 11.3 Å². The van der Waals surface area contributed by atoms with Crippen LogP contribution in [0.4, 0.5) is 9.93 Å². The Kier molecular flexibility index (Phi) is 4.21. The van der Waals surface area contributed by atoms with Gasteiger partial charge < -0.3 is 15.4 Å². The van der Waals surface area contributed by atoms with E-state index in [2.05, 4.69) is 15.6 Å². The van der Waals surface area contributed by atoms with Crippen LogP contribution in [0.2, 0.25) is 0 Å². The smallest absolute Gasteiger partial charge is 0.325 e. The summed E-state index contributed by atoms with van der Waals surface area (Å²) in [4.78, 5) is 43.6. The fourth-order valence-electron chi connectivity index (χ4n) is 4.12. The van der Waals surface area contributed by atoms with Gasteiger partial charge in [-0.15, -0.1) is 0 Å². The number of hydrogen-bond donors (Lipinski definition) is 2. The summed E-state index contributed by atoms with van der Waals surface area (Å²) in [5.74, 6) is -0.167. The van der Waals surface area contributed by atoms with Gasteiger partial charge in [0.15, 0.2) is 5.13 Å². The van der Waals surface area contributed by atoms with Crippen LogP contribution in [0, 0.1) is 0 Å². The van der Waals surface area contributed by atoms with Crippen molar-refractivity contribution in [1.82, 2.24) is 15.2 Å². The maximum Gasteiger partial charge on any atom is 0.325 e. The third-order valence-corrected chi connectivity index (χ3v) is 6.50. The van der Waals surface area contributed by atoms with Gasteiger partial charge in [0.25, 0.3) is 5.91 Å². The van der Waals surface area contributed by atoms with E-state index < -0.39 is 17.5 Å². The number of aromatic nitrogens is 1. The second-order valence-electron chi connectivity index (χ2n) is 7.28. The highest BCUT2D eigenvalue weighted by molar-refractivity contribution is 7.22. The van der Waals surface area contributed by atoms with Gasteiger partial charge in [-0.1, -0.05) is 35.6 Å². The number of urea groups is 1. The Morgan fingerprint density at radius 2 is 2.13 bits per heavy atom. The number of carbonyl (C=O) groups excluding carboxylic acids is 3. The van der Waals surface area contributed by atoms with E-state index in [1.165, 1.54) is 11.3 Å². The average Bonchev–Trinajstić information content (AvgIpc) is 3.38. The van der Waals surface area contributed by atoms with Crippen LogP contribution in [0.25, 0.3) is 10.2 Å². The summed E-state index contributed by atoms with van der Waals surface area (Å²) in [6, 6.07) is 12.5. The molecule has 0 radical (unpaired) electrons. The second-order valence-corrected chi connectivity index (χ2v) is 8.32. The first-order valence-corrected chi connectivity index (χ1v) is 10.3. The molecule has 9 heteroatoms. The van der Waals surface area contributed by atoms with E-state index in [4.69, 9.17) is 4.74 Å². The SMILES string of the molecule is COc1ccc2nc(NC(=O)CN3C(=O)NC4(CCc5ccccc54)C3=O)sc2c1. The van der Waals surface area contributed by atoms with Gasteiger partial charge in [-0.05, 0) is 42.2 Å². The molecule has 0 bridgehead atoms. The molecule has 0 saturated carbocycles. The number of imide groups is 1. The first-order valence-electron chi connectivity index (χ1n) is 9.47. The molecule has 1 fully saturated rings. The number of ether oxygens (including phenoxy) is 1. The summed E-state index contributed by atoms with van der Waals surface area (Å²) in [5.41, 5.74) is 1.52. The van der Waals surface area contributed by atoms with Gasteiger partial charge >= 0.3 is 6.03 Å². The van der Waals surface area contributed by atoms with Crippen molar-refractivity contribution in [3.63, 3.8) is 0 Å². The van der Waals surface area contributed by atoms with E-state index >= 15 is 0 Å². The van der Waals surface area contributed by atoms with E-state index in [1.54, 1.807) is 19.2 Å². The van der Waals surface area contributed by atoms with E-state index in [1.807, 2.05) is 30.3 Å². The van der Waals surface area contributed by atoms with Crippen molar-refractivity contribution < 1.29 is 19.1 Å². The lowest BCUT2D eigenvalue weighted by molar-refractivity contribution is -0.134. The summed E-state index contributed by atoms with van der Waals surface area (Å²) in [6.45, 7) is -0.367. The molecule has 3 aromatic rings. The molecule has 1 unspecified atom stereocenters. The molecule has 2 aliphatic rings. The number of nitrogens with zero attached hydrogens (tertiary/aromatic N) is 2. The zero-order valence-corrected chi connectivity index (χ0v) is 16.9. The fourth-order valence-corrected chi connectivity index (χ4v) is 5.03. The number of methoxy groups -OCH3 is 1. The lowest BCUT2D eigenvalue weighted by Crippen LogP contribution is -2.42. The Hall–Kier alpha value is -3.46. The Morgan fingerprint density at radius 1 is 1.30 bits per heavy atom. The summed E-state index contributed by atoms with van der Waals surface area (Å²) in [7, 11) is 1.58. The van der Waals surface area contributed by atoms with E-state index in [0.717, 1.165) is 26.2 Å². The number of carbonyl (C=O) groups is 3. The third kappa shape index (κ3) is 2.81. The second kappa shape index (κ2) is 6.81. The van der Waals surface area contributed by atoms with E-state index in [9.17, 15) is 14.4 Å². The van der Waals surface area contributed by atoms with Crippen LogP contribution in [0.3, 0.4) is 0 Å². The lowest BCUT2D eigenvalue weighted by atomic mass is 9.92. The first-order chi connectivity index (χ1) is 14.5. The number of nitrogens with one attached hydrogen (secondary N) is 2. The molecule has 1 atom stereocenters. The quantitative estimate of drug-likeness (QED) is 0.630. The molecule has 30 heavy (non-hydrogen) atoms. The van der Waals surface area contributed by atoms with Crippen molar-refractivity contribution >= 4 is 44.5 Å². The molecule has 2 heterocycles. The minimum absolute atomic E-state index is 0.367. The molecule has 1 aliphatic carbocycles. The highest BCUT2D eigenvalue weighted by Gasteiger charge is 2.55. The van der Waals surface area contributed by atoms with Gasteiger partial charge in [0, 0.05) is 0 Å². The number of hydrogen-bond acceptors (Lipinski definition) is 6. The summed E-state index contributed by atoms with van der Waals surface area (Å²) < 4.78 is 6.06. The molecule has 8 nitrogen and oxygen atoms in total. The Balaban J connectivity index is 1.33. The number of rotatable bonds is 4. The molecule has 2 N–H and O–H groups in total. The fraction of sp³-hybridized carbons (Fsp3) is 0.238. The van der Waals surface area contributed by atoms with E-state index in [0.29, 0.717) is 23.7 Å². The summed E-state index contributed by atoms with van der Waals surface area (Å²) in [6.07, 6.45) is 1.20. The maximum atomic E-state index is 13.1. The molecule has 152 valence electrons. The van der Waals surface area contributed by atoms with Crippen molar-refractivity contribution in [2.45, 2.75) is 18.4 Å². The molecule has 5 rings (SSSR count). The highest BCUT2D eigenvalue weighted by atomic mass is 32.1. The van der Waals surface area contributed by atoms with Crippen molar-refractivity contribution in [2.75, 3.05) is 19.0 Å². The van der Waals surface area contributed by atoms with Crippen molar-refractivity contribution in [1.29, 1.82) is 0 Å². The Bertz CT molecular complexity index is 1210. The molecule has 1 spiro atoms. The Labute approximate surface area is 175 Å². The van der Waals surface area contributed by atoms with Crippen molar-refractivity contribution in [2.24, 2.45) is 0 Å². The lowest BCUT2D eigenvalue weighted by Gasteiger charge is -2.22. The number of aryl methyl sites for hydroxylation is 1. The minimum Gasteiger partial charge on any atom is -0.497 e. The molecular formula is C21H18N4O4S. The number of amides is 4. The van der Waals surface area contributed by atoms with Crippen LogP contribution in [0.15, 0.2) is 42.5 Å². The van der Waals surface area contributed by atoms with Gasteiger partial charge in [0.2, 0.25) is 5.91 Å². The predicted octanol–water partition coefficient (Wildman–Crippen LogP) is 2.64. The van der Waals surface area contributed by atoms with Crippen molar-refractivity contribution in [3.8, 4) is 5.75 Å². The number of anilines is 1. The maximum absolute atomic E-state index is 13.1. The van der Waals surface area contributed by atoms with Gasteiger partial charge in [0.05, 0.1) is 17.3 Å². The van der Waals surface area contributed by atoms with Crippen LogP contribution < -0.4 is 15.4 Å². The number of benzene rings is 2. The monoisotopic (exact) mass is 422 g/mol. The standard InChI is InChI=1S/C21H18N4O4S/c1-29-13-6-7-15-16(10-13)30-19(22-15)23-17(26)11-25-18(27)21(24-20(25)28)9-8-12-4-2-3-5-14(12)21/h2-7,10H,8-9,11H2,1H3,(H,24,28)(H,22,23,26). The van der Waals surface area contributed by atoms with Crippen LogP contribution in [-0.2, 0) is 21.5 Å². The normalized spacial score (nSPS) is 20.0.